The van der Waals surface area contributed by atoms with E-state index in [-0.39, 0.29) is 5.41 Å². The van der Waals surface area contributed by atoms with Gasteiger partial charge in [0.25, 0.3) is 0 Å². The van der Waals surface area contributed by atoms with Crippen LogP contribution in [0.1, 0.15) is 76.6 Å². The van der Waals surface area contributed by atoms with E-state index in [9.17, 15) is 0 Å². The van der Waals surface area contributed by atoms with Crippen molar-refractivity contribution >= 4 is 28.1 Å². The highest BCUT2D eigenvalue weighted by molar-refractivity contribution is 5.92. The van der Waals surface area contributed by atoms with Gasteiger partial charge in [-0.2, -0.15) is 0 Å². The predicted molar refractivity (Wildman–Crippen MR) is 171 cm³/mol. The van der Waals surface area contributed by atoms with Crippen molar-refractivity contribution in [1.29, 1.82) is 0 Å². The first-order valence-electron chi connectivity index (χ1n) is 15.7. The molecule has 0 unspecified atom stereocenters. The summed E-state index contributed by atoms with van der Waals surface area (Å²) in [5.74, 6) is 2.77. The average molecular weight is 543 g/mol. The van der Waals surface area contributed by atoms with E-state index in [0.29, 0.717) is 5.92 Å². The van der Waals surface area contributed by atoms with Crippen molar-refractivity contribution in [2.45, 2.75) is 70.6 Å². The van der Waals surface area contributed by atoms with Gasteiger partial charge in [-0.1, -0.05) is 39.0 Å². The maximum atomic E-state index is 5.29. The number of likely N-dealkylation sites (N-methyl/N-ethyl adjacent to an activating group) is 1. The molecule has 2 saturated heterocycles. The highest BCUT2D eigenvalue weighted by Crippen LogP contribution is 2.47. The number of benzene rings is 2. The molecule has 1 saturated carbocycles. The molecule has 0 radical (unpaired) electrons. The molecule has 3 aliphatic rings. The third-order valence-electron chi connectivity index (χ3n) is 9.24. The minimum atomic E-state index is 0.150. The summed E-state index contributed by atoms with van der Waals surface area (Å²) in [6.45, 7) is 13.1. The number of fused-ring (bicyclic) bond motifs is 1. The lowest BCUT2D eigenvalue weighted by atomic mass is 9.88. The van der Waals surface area contributed by atoms with Crippen molar-refractivity contribution in [2.75, 3.05) is 75.1 Å². The van der Waals surface area contributed by atoms with Gasteiger partial charge < -0.3 is 19.6 Å². The molecule has 0 amide bonds. The molecule has 1 aliphatic carbocycles. The Morgan fingerprint density at radius 2 is 1.60 bits per heavy atom. The van der Waals surface area contributed by atoms with Crippen LogP contribution in [0.2, 0.25) is 0 Å². The van der Waals surface area contributed by atoms with E-state index in [0.717, 1.165) is 56.2 Å². The molecule has 1 aromatic heterocycles. The summed E-state index contributed by atoms with van der Waals surface area (Å²) in [4.78, 5) is 20.2. The molecule has 40 heavy (non-hydrogen) atoms. The standard InChI is InChI=1S/C32H44N6.C2H6/c1-32(15-16-32)31-33-28-12-11-25(36(4)21-22-37-17-7-8-18-37)23-27(28)30(34-31)38-19-13-24(14-20-38)26-9-5-6-10-29(26)35(2)3;1-2/h5-6,9-12,23-24H,7-8,13-22H2,1-4H3;1-2H3. The Morgan fingerprint density at radius 1 is 0.900 bits per heavy atom. The van der Waals surface area contributed by atoms with Crippen LogP contribution in [-0.2, 0) is 5.41 Å². The van der Waals surface area contributed by atoms with E-state index >= 15 is 0 Å². The summed E-state index contributed by atoms with van der Waals surface area (Å²) in [6, 6.07) is 15.8. The van der Waals surface area contributed by atoms with Crippen molar-refractivity contribution in [3.63, 3.8) is 0 Å². The summed E-state index contributed by atoms with van der Waals surface area (Å²) < 4.78 is 0. The smallest absolute Gasteiger partial charge is 0.140 e. The van der Waals surface area contributed by atoms with Gasteiger partial charge in [-0.15, -0.1) is 0 Å². The van der Waals surface area contributed by atoms with Crippen LogP contribution >= 0.6 is 0 Å². The maximum Gasteiger partial charge on any atom is 0.140 e. The maximum absolute atomic E-state index is 5.29. The van der Waals surface area contributed by atoms with Crippen LogP contribution in [0.3, 0.4) is 0 Å². The number of anilines is 3. The van der Waals surface area contributed by atoms with Gasteiger partial charge in [-0.3, -0.25) is 0 Å². The molecule has 0 N–H and O–H groups in total. The molecule has 6 rings (SSSR count). The van der Waals surface area contributed by atoms with E-state index in [1.165, 1.54) is 61.1 Å². The number of para-hydroxylation sites is 1. The number of piperidine rings is 1. The molecule has 6 heteroatoms. The summed E-state index contributed by atoms with van der Waals surface area (Å²) in [7, 11) is 6.53. The lowest BCUT2D eigenvalue weighted by molar-refractivity contribution is 0.346. The van der Waals surface area contributed by atoms with Crippen LogP contribution in [-0.4, -0.2) is 75.3 Å². The van der Waals surface area contributed by atoms with Gasteiger partial charge in [0.1, 0.15) is 11.6 Å². The molecule has 2 aliphatic heterocycles. The Labute approximate surface area is 242 Å². The van der Waals surface area contributed by atoms with Crippen LogP contribution in [0.15, 0.2) is 42.5 Å². The number of hydrogen-bond donors (Lipinski definition) is 0. The first kappa shape index (κ1) is 28.7. The molecule has 2 aromatic carbocycles. The van der Waals surface area contributed by atoms with Gasteiger partial charge in [-0.05, 0) is 87.4 Å². The van der Waals surface area contributed by atoms with Crippen molar-refractivity contribution in [3.8, 4) is 0 Å². The summed E-state index contributed by atoms with van der Waals surface area (Å²) in [5, 5.41) is 1.20. The molecule has 0 atom stereocenters. The molecule has 3 aromatic rings. The van der Waals surface area contributed by atoms with Gasteiger partial charge in [-0.25, -0.2) is 9.97 Å². The topological polar surface area (TPSA) is 38.7 Å². The van der Waals surface area contributed by atoms with E-state index < -0.39 is 0 Å². The van der Waals surface area contributed by atoms with E-state index in [2.05, 4.69) is 90.1 Å². The fourth-order valence-corrected chi connectivity index (χ4v) is 6.33. The monoisotopic (exact) mass is 542 g/mol. The summed E-state index contributed by atoms with van der Waals surface area (Å²) in [6.07, 6.45) is 7.38. The zero-order valence-electron chi connectivity index (χ0n) is 25.8. The fourth-order valence-electron chi connectivity index (χ4n) is 6.33. The van der Waals surface area contributed by atoms with Crippen molar-refractivity contribution in [3.05, 3.63) is 53.9 Å². The Bertz CT molecular complexity index is 1270. The minimum absolute atomic E-state index is 0.150. The van der Waals surface area contributed by atoms with Gasteiger partial charge >= 0.3 is 0 Å². The molecule has 3 heterocycles. The minimum Gasteiger partial charge on any atom is -0.377 e. The van der Waals surface area contributed by atoms with Crippen LogP contribution in [0, 0.1) is 0 Å². The Balaban J connectivity index is 0.00000158. The molecule has 216 valence electrons. The second-order valence-electron chi connectivity index (χ2n) is 12.3. The van der Waals surface area contributed by atoms with Crippen molar-refractivity contribution in [2.24, 2.45) is 0 Å². The average Bonchev–Trinajstić information content (AvgIpc) is 3.53. The second kappa shape index (κ2) is 12.3. The number of likely N-dealkylation sites (tertiary alicyclic amines) is 1. The number of nitrogens with zero attached hydrogens (tertiary/aromatic N) is 6. The lowest BCUT2D eigenvalue weighted by Crippen LogP contribution is -2.34. The van der Waals surface area contributed by atoms with Gasteiger partial charge in [0.2, 0.25) is 0 Å². The van der Waals surface area contributed by atoms with Crippen LogP contribution in [0.5, 0.6) is 0 Å². The lowest BCUT2D eigenvalue weighted by Gasteiger charge is -2.35. The highest BCUT2D eigenvalue weighted by Gasteiger charge is 2.43. The Kier molecular flexibility index (Phi) is 8.84. The van der Waals surface area contributed by atoms with E-state index in [4.69, 9.17) is 9.97 Å². The van der Waals surface area contributed by atoms with Crippen LogP contribution < -0.4 is 14.7 Å². The van der Waals surface area contributed by atoms with Gasteiger partial charge in [0.05, 0.1) is 5.52 Å². The number of aromatic nitrogens is 2. The van der Waals surface area contributed by atoms with Gasteiger partial charge in [0.15, 0.2) is 0 Å². The molecule has 0 spiro atoms. The highest BCUT2D eigenvalue weighted by atomic mass is 15.2. The van der Waals surface area contributed by atoms with Crippen molar-refractivity contribution in [1.82, 2.24) is 14.9 Å². The normalized spacial score (nSPS) is 18.9. The first-order chi connectivity index (χ1) is 19.4. The third-order valence-corrected chi connectivity index (χ3v) is 9.24. The third kappa shape index (κ3) is 6.07. The van der Waals surface area contributed by atoms with Crippen LogP contribution in [0.25, 0.3) is 10.9 Å². The molecule has 0 bridgehead atoms. The summed E-state index contributed by atoms with van der Waals surface area (Å²) >= 11 is 0. The van der Waals surface area contributed by atoms with Gasteiger partial charge in [0, 0.05) is 69.5 Å². The van der Waals surface area contributed by atoms with Crippen LogP contribution in [0.4, 0.5) is 17.2 Å². The Hall–Kier alpha value is -2.86. The number of hydrogen-bond acceptors (Lipinski definition) is 6. The Morgan fingerprint density at radius 3 is 2.27 bits per heavy atom. The molecule has 3 fully saturated rings. The van der Waals surface area contributed by atoms with E-state index in [1.807, 2.05) is 13.8 Å². The number of rotatable bonds is 8. The SMILES string of the molecule is CC.CN(C)c1ccccc1C1CCN(c2nc(C3(C)CC3)nc3ccc(N(C)CCN4CCCC4)cc23)CC1. The zero-order chi connectivity index (χ0) is 28.3. The molecular formula is C34H50N6. The quantitative estimate of drug-likeness (QED) is 0.316. The van der Waals surface area contributed by atoms with E-state index in [1.54, 1.807) is 0 Å². The molecular weight excluding hydrogens is 492 g/mol. The fraction of sp³-hybridized carbons (Fsp3) is 0.588. The largest absolute Gasteiger partial charge is 0.377 e. The van der Waals surface area contributed by atoms with Crippen molar-refractivity contribution < 1.29 is 0 Å². The zero-order valence-corrected chi connectivity index (χ0v) is 25.8. The molecule has 6 nitrogen and oxygen atoms in total. The predicted octanol–water partition coefficient (Wildman–Crippen LogP) is 6.69. The first-order valence-corrected chi connectivity index (χ1v) is 15.7. The second-order valence-corrected chi connectivity index (χ2v) is 12.3. The summed E-state index contributed by atoms with van der Waals surface area (Å²) in [5.41, 5.74) is 5.34.